The largest absolute Gasteiger partial charge is 0.396 e. The van der Waals surface area contributed by atoms with Gasteiger partial charge in [-0.05, 0) is 25.5 Å². The molecule has 0 atom stereocenters. The summed E-state index contributed by atoms with van der Waals surface area (Å²) in [6, 6.07) is 7.73. The van der Waals surface area contributed by atoms with Crippen molar-refractivity contribution in [1.29, 1.82) is 0 Å². The minimum absolute atomic E-state index is 0.217. The van der Waals surface area contributed by atoms with Crippen LogP contribution in [0.4, 0.5) is 0 Å². The van der Waals surface area contributed by atoms with Gasteiger partial charge in [-0.25, -0.2) is 4.98 Å². The van der Waals surface area contributed by atoms with Crippen LogP contribution < -0.4 is 0 Å². The number of aliphatic hydroxyl groups is 1. The lowest BCUT2D eigenvalue weighted by molar-refractivity contribution is 0.288. The van der Waals surface area contributed by atoms with Crippen LogP contribution in [0.1, 0.15) is 16.3 Å². The summed E-state index contributed by atoms with van der Waals surface area (Å²) in [5, 5.41) is 10.6. The number of thiazole rings is 1. The summed E-state index contributed by atoms with van der Waals surface area (Å²) in [5.41, 5.74) is 2.12. The zero-order valence-corrected chi connectivity index (χ0v) is 11.2. The lowest BCUT2D eigenvalue weighted by Crippen LogP contribution is -1.88. The summed E-state index contributed by atoms with van der Waals surface area (Å²) in [5.74, 6) is 0. The molecule has 1 aromatic heterocycles. The second-order valence-corrected chi connectivity index (χ2v) is 5.57. The predicted octanol–water partition coefficient (Wildman–Crippen LogP) is 3.70. The first-order chi connectivity index (χ1) is 8.20. The molecule has 2 aromatic rings. The molecule has 2 nitrogen and oxygen atoms in total. The Labute approximate surface area is 110 Å². The molecule has 0 unspecified atom stereocenters. The smallest absolute Gasteiger partial charge is 0.0936 e. The summed E-state index contributed by atoms with van der Waals surface area (Å²) in [6.07, 6.45) is 1.61. The van der Waals surface area contributed by atoms with Crippen LogP contribution in [0.15, 0.2) is 24.3 Å². The van der Waals surface area contributed by atoms with Crippen molar-refractivity contribution >= 4 is 22.9 Å². The molecule has 2 rings (SSSR count). The lowest BCUT2D eigenvalue weighted by atomic mass is 10.1. The molecule has 0 aliphatic heterocycles. The fraction of sp³-hybridized carbons (Fsp3) is 0.308. The summed E-state index contributed by atoms with van der Waals surface area (Å²) >= 11 is 7.57. The van der Waals surface area contributed by atoms with Crippen LogP contribution in [0.5, 0.6) is 0 Å². The van der Waals surface area contributed by atoms with Crippen molar-refractivity contribution in [3.63, 3.8) is 0 Å². The Kier molecular flexibility index (Phi) is 4.15. The van der Waals surface area contributed by atoms with Gasteiger partial charge < -0.3 is 5.11 Å². The second kappa shape index (κ2) is 5.63. The van der Waals surface area contributed by atoms with Crippen LogP contribution in [0.25, 0.3) is 11.3 Å². The minimum atomic E-state index is 0.217. The highest BCUT2D eigenvalue weighted by Gasteiger charge is 2.09. The molecule has 0 amide bonds. The predicted molar refractivity (Wildman–Crippen MR) is 72.7 cm³/mol. The van der Waals surface area contributed by atoms with E-state index in [4.69, 9.17) is 16.7 Å². The van der Waals surface area contributed by atoms with E-state index >= 15 is 0 Å². The van der Waals surface area contributed by atoms with Crippen molar-refractivity contribution < 1.29 is 5.11 Å². The number of nitrogens with zero attached hydrogens (tertiary/aromatic N) is 1. The Morgan fingerprint density at radius 3 is 2.65 bits per heavy atom. The first-order valence-electron chi connectivity index (χ1n) is 5.54. The highest BCUT2D eigenvalue weighted by molar-refractivity contribution is 7.12. The van der Waals surface area contributed by atoms with E-state index in [1.807, 2.05) is 24.3 Å². The maximum Gasteiger partial charge on any atom is 0.0936 e. The maximum absolute atomic E-state index is 8.81. The molecule has 1 heterocycles. The quantitative estimate of drug-likeness (QED) is 0.916. The number of aromatic nitrogens is 1. The van der Waals surface area contributed by atoms with Gasteiger partial charge >= 0.3 is 0 Å². The van der Waals surface area contributed by atoms with Gasteiger partial charge in [0.25, 0.3) is 0 Å². The molecular weight excluding hydrogens is 254 g/mol. The van der Waals surface area contributed by atoms with Crippen molar-refractivity contribution in [2.75, 3.05) is 6.61 Å². The van der Waals surface area contributed by atoms with Gasteiger partial charge in [-0.15, -0.1) is 11.3 Å². The Balaban J connectivity index is 2.26. The Hall–Kier alpha value is -0.900. The van der Waals surface area contributed by atoms with Crippen LogP contribution in [0.2, 0.25) is 5.02 Å². The van der Waals surface area contributed by atoms with E-state index < -0.39 is 0 Å². The topological polar surface area (TPSA) is 33.1 Å². The van der Waals surface area contributed by atoms with Gasteiger partial charge in [-0.2, -0.15) is 0 Å². The van der Waals surface area contributed by atoms with Gasteiger partial charge in [0.15, 0.2) is 0 Å². The van der Waals surface area contributed by atoms with Gasteiger partial charge in [-0.1, -0.05) is 23.7 Å². The molecule has 90 valence electrons. The molecule has 4 heteroatoms. The molecule has 0 saturated heterocycles. The number of benzene rings is 1. The SMILES string of the molecule is Cc1sc(CCCO)nc1-c1ccc(Cl)cc1. The fourth-order valence-corrected chi connectivity index (χ4v) is 2.79. The van der Waals surface area contributed by atoms with Crippen molar-refractivity contribution in [1.82, 2.24) is 4.98 Å². The molecular formula is C13H14ClNOS. The highest BCUT2D eigenvalue weighted by Crippen LogP contribution is 2.28. The molecule has 0 radical (unpaired) electrons. The summed E-state index contributed by atoms with van der Waals surface area (Å²) < 4.78 is 0. The van der Waals surface area contributed by atoms with Crippen molar-refractivity contribution in [2.45, 2.75) is 19.8 Å². The van der Waals surface area contributed by atoms with E-state index in [2.05, 4.69) is 11.9 Å². The molecule has 1 aromatic carbocycles. The number of aryl methyl sites for hydroxylation is 2. The molecule has 0 saturated carbocycles. The van der Waals surface area contributed by atoms with Gasteiger partial charge in [0.05, 0.1) is 10.7 Å². The summed E-state index contributed by atoms with van der Waals surface area (Å²) in [7, 11) is 0. The normalized spacial score (nSPS) is 10.8. The van der Waals surface area contributed by atoms with E-state index in [9.17, 15) is 0 Å². The lowest BCUT2D eigenvalue weighted by Gasteiger charge is -1.98. The van der Waals surface area contributed by atoms with E-state index in [1.54, 1.807) is 11.3 Å². The van der Waals surface area contributed by atoms with Gasteiger partial charge in [0, 0.05) is 28.5 Å². The van der Waals surface area contributed by atoms with Crippen molar-refractivity contribution in [2.24, 2.45) is 0 Å². The monoisotopic (exact) mass is 267 g/mol. The molecule has 0 aliphatic carbocycles. The van der Waals surface area contributed by atoms with Crippen LogP contribution in [0.3, 0.4) is 0 Å². The second-order valence-electron chi connectivity index (χ2n) is 3.85. The van der Waals surface area contributed by atoms with Crippen LogP contribution in [-0.2, 0) is 6.42 Å². The highest BCUT2D eigenvalue weighted by atomic mass is 35.5. The Morgan fingerprint density at radius 2 is 2.00 bits per heavy atom. The molecule has 0 spiro atoms. The zero-order chi connectivity index (χ0) is 12.3. The first kappa shape index (κ1) is 12.6. The van der Waals surface area contributed by atoms with Crippen molar-refractivity contribution in [3.8, 4) is 11.3 Å². The van der Waals surface area contributed by atoms with Gasteiger partial charge in [0.2, 0.25) is 0 Å². The zero-order valence-electron chi connectivity index (χ0n) is 9.61. The van der Waals surface area contributed by atoms with Crippen LogP contribution in [0, 0.1) is 6.92 Å². The van der Waals surface area contributed by atoms with E-state index in [-0.39, 0.29) is 6.61 Å². The van der Waals surface area contributed by atoms with Crippen LogP contribution >= 0.6 is 22.9 Å². The van der Waals surface area contributed by atoms with Gasteiger partial charge in [0.1, 0.15) is 0 Å². The average Bonchev–Trinajstić information content (AvgIpc) is 2.69. The molecule has 0 bridgehead atoms. The van der Waals surface area contributed by atoms with E-state index in [1.165, 1.54) is 4.88 Å². The van der Waals surface area contributed by atoms with E-state index in [0.29, 0.717) is 0 Å². The third-order valence-corrected chi connectivity index (χ3v) is 3.79. The maximum atomic E-state index is 8.81. The summed E-state index contributed by atoms with van der Waals surface area (Å²) in [4.78, 5) is 5.82. The molecule has 17 heavy (non-hydrogen) atoms. The Bertz CT molecular complexity index is 493. The third kappa shape index (κ3) is 3.06. The number of rotatable bonds is 4. The molecule has 0 fully saturated rings. The summed E-state index contributed by atoms with van der Waals surface area (Å²) in [6.45, 7) is 2.29. The standard InChI is InChI=1S/C13H14ClNOS/c1-9-13(10-4-6-11(14)7-5-10)15-12(17-9)3-2-8-16/h4-7,16H,2-3,8H2,1H3. The average molecular weight is 268 g/mol. The number of halogens is 1. The Morgan fingerprint density at radius 1 is 1.29 bits per heavy atom. The van der Waals surface area contributed by atoms with Crippen LogP contribution in [-0.4, -0.2) is 16.7 Å². The third-order valence-electron chi connectivity index (χ3n) is 2.51. The number of aliphatic hydroxyl groups excluding tert-OH is 1. The molecule has 1 N–H and O–H groups in total. The van der Waals surface area contributed by atoms with E-state index in [0.717, 1.165) is 34.1 Å². The minimum Gasteiger partial charge on any atom is -0.396 e. The first-order valence-corrected chi connectivity index (χ1v) is 6.73. The number of hydrogen-bond acceptors (Lipinski definition) is 3. The number of hydrogen-bond donors (Lipinski definition) is 1. The van der Waals surface area contributed by atoms with Crippen molar-refractivity contribution in [3.05, 3.63) is 39.2 Å². The van der Waals surface area contributed by atoms with Gasteiger partial charge in [-0.3, -0.25) is 0 Å². The fourth-order valence-electron chi connectivity index (χ4n) is 1.66. The molecule has 0 aliphatic rings.